The molecule has 0 aliphatic carbocycles. The zero-order valence-electron chi connectivity index (χ0n) is 20.1. The number of hydrogen-bond acceptors (Lipinski definition) is 7. The third kappa shape index (κ3) is 7.32. The predicted octanol–water partition coefficient (Wildman–Crippen LogP) is 5.89. The molecule has 12 heteroatoms. The number of nitriles is 1. The van der Waals surface area contributed by atoms with E-state index in [1.54, 1.807) is 24.3 Å². The molecule has 10 nitrogen and oxygen atoms in total. The SMILES string of the molecule is COc1cc(/C=C(/C#N)C(=O)Nc2cccc([N+](=O)[O-])c2)cc(Br)c1OCC(=O)Nc1ccc(C)c(Cl)c1. The predicted molar refractivity (Wildman–Crippen MR) is 146 cm³/mol. The average Bonchev–Trinajstić information content (AvgIpc) is 2.88. The highest BCUT2D eigenvalue weighted by Gasteiger charge is 2.16. The van der Waals surface area contributed by atoms with Crippen LogP contribution < -0.4 is 20.1 Å². The Labute approximate surface area is 231 Å². The molecule has 0 heterocycles. The molecule has 0 radical (unpaired) electrons. The number of nitrogens with zero attached hydrogens (tertiary/aromatic N) is 2. The van der Waals surface area contributed by atoms with Gasteiger partial charge < -0.3 is 20.1 Å². The van der Waals surface area contributed by atoms with Gasteiger partial charge >= 0.3 is 0 Å². The number of ether oxygens (including phenoxy) is 2. The van der Waals surface area contributed by atoms with E-state index in [0.29, 0.717) is 20.7 Å². The van der Waals surface area contributed by atoms with E-state index in [0.717, 1.165) is 5.56 Å². The largest absolute Gasteiger partial charge is 0.493 e. The van der Waals surface area contributed by atoms with Gasteiger partial charge in [0.25, 0.3) is 17.5 Å². The van der Waals surface area contributed by atoms with Crippen molar-refractivity contribution >= 4 is 62.5 Å². The fraction of sp³-hybridized carbons (Fsp3) is 0.115. The average molecular weight is 600 g/mol. The van der Waals surface area contributed by atoms with Crippen molar-refractivity contribution in [1.29, 1.82) is 5.26 Å². The fourth-order valence-corrected chi connectivity index (χ4v) is 3.93. The quantitative estimate of drug-likeness (QED) is 0.135. The van der Waals surface area contributed by atoms with Crippen LogP contribution in [0.15, 0.2) is 64.6 Å². The lowest BCUT2D eigenvalue weighted by Crippen LogP contribution is -2.20. The molecule has 0 saturated heterocycles. The first kappa shape index (κ1) is 28.2. The number of non-ortho nitro benzene ring substituents is 1. The number of carbonyl (C=O) groups excluding carboxylic acids is 2. The molecule has 0 aliphatic rings. The van der Waals surface area contributed by atoms with Crippen LogP contribution in [0.1, 0.15) is 11.1 Å². The summed E-state index contributed by atoms with van der Waals surface area (Å²) in [6, 6.07) is 15.4. The van der Waals surface area contributed by atoms with Gasteiger partial charge in [-0.1, -0.05) is 23.7 Å². The molecule has 0 aliphatic heterocycles. The van der Waals surface area contributed by atoms with Gasteiger partial charge in [0.05, 0.1) is 16.5 Å². The number of amides is 2. The molecule has 3 rings (SSSR count). The zero-order chi connectivity index (χ0) is 27.8. The molecule has 0 spiro atoms. The van der Waals surface area contributed by atoms with E-state index in [1.165, 1.54) is 43.5 Å². The summed E-state index contributed by atoms with van der Waals surface area (Å²) in [6.45, 7) is 1.52. The molecule has 0 aromatic heterocycles. The molecule has 0 unspecified atom stereocenters. The van der Waals surface area contributed by atoms with E-state index in [4.69, 9.17) is 21.1 Å². The summed E-state index contributed by atoms with van der Waals surface area (Å²) in [4.78, 5) is 35.3. The zero-order valence-corrected chi connectivity index (χ0v) is 22.4. The smallest absolute Gasteiger partial charge is 0.271 e. The van der Waals surface area contributed by atoms with E-state index < -0.39 is 16.7 Å². The van der Waals surface area contributed by atoms with Gasteiger partial charge in [0.1, 0.15) is 11.6 Å². The second-order valence-corrected chi connectivity index (χ2v) is 9.03. The summed E-state index contributed by atoms with van der Waals surface area (Å²) in [5, 5.41) is 26.2. The van der Waals surface area contributed by atoms with E-state index in [2.05, 4.69) is 26.6 Å². The molecule has 2 amide bonds. The Morgan fingerprint density at radius 2 is 1.89 bits per heavy atom. The minimum atomic E-state index is -0.753. The van der Waals surface area contributed by atoms with E-state index >= 15 is 0 Å². The van der Waals surface area contributed by atoms with Gasteiger partial charge in [-0.2, -0.15) is 5.26 Å². The Hall–Kier alpha value is -4.40. The van der Waals surface area contributed by atoms with Crippen molar-refractivity contribution in [2.45, 2.75) is 6.92 Å². The maximum absolute atomic E-state index is 12.6. The van der Waals surface area contributed by atoms with Gasteiger partial charge in [-0.25, -0.2) is 0 Å². The molecule has 3 aromatic rings. The van der Waals surface area contributed by atoms with Gasteiger partial charge in [0.15, 0.2) is 18.1 Å². The topological polar surface area (TPSA) is 144 Å². The maximum Gasteiger partial charge on any atom is 0.271 e. The second-order valence-electron chi connectivity index (χ2n) is 7.77. The van der Waals surface area contributed by atoms with E-state index in [9.17, 15) is 25.0 Å². The van der Waals surface area contributed by atoms with Gasteiger partial charge in [-0.3, -0.25) is 19.7 Å². The van der Waals surface area contributed by atoms with Gasteiger partial charge in [-0.15, -0.1) is 0 Å². The van der Waals surface area contributed by atoms with E-state index in [-0.39, 0.29) is 35.1 Å². The van der Waals surface area contributed by atoms with Crippen molar-refractivity contribution in [2.75, 3.05) is 24.4 Å². The third-order valence-corrected chi connectivity index (χ3v) is 6.04. The summed E-state index contributed by atoms with van der Waals surface area (Å²) in [7, 11) is 1.40. The number of rotatable bonds is 9. The number of nitro groups is 1. The van der Waals surface area contributed by atoms with Crippen LogP contribution in [0.5, 0.6) is 11.5 Å². The standard InChI is InChI=1S/C26H20BrClN4O6/c1-15-6-7-19(12-22(15)28)30-24(33)14-38-25-21(27)9-16(10-23(25)37-2)8-17(13-29)26(34)31-18-4-3-5-20(11-18)32(35)36/h3-12H,14H2,1-2H3,(H,30,33)(H,31,34)/b17-8-. The van der Waals surface area contributed by atoms with Crippen LogP contribution >= 0.6 is 27.5 Å². The van der Waals surface area contributed by atoms with Crippen molar-refractivity contribution in [3.8, 4) is 17.6 Å². The molecule has 0 fully saturated rings. The van der Waals surface area contributed by atoms with Crippen molar-refractivity contribution < 1.29 is 24.0 Å². The normalized spacial score (nSPS) is 10.8. The monoisotopic (exact) mass is 598 g/mol. The van der Waals surface area contributed by atoms with Crippen molar-refractivity contribution in [1.82, 2.24) is 0 Å². The van der Waals surface area contributed by atoms with Crippen molar-refractivity contribution in [3.05, 3.63) is 90.9 Å². The fourth-order valence-electron chi connectivity index (χ4n) is 3.18. The second kappa shape index (κ2) is 12.7. The Morgan fingerprint density at radius 1 is 1.16 bits per heavy atom. The van der Waals surface area contributed by atoms with Crippen LogP contribution in [-0.4, -0.2) is 30.5 Å². The number of carbonyl (C=O) groups is 2. The third-order valence-electron chi connectivity index (χ3n) is 5.05. The number of aryl methyl sites for hydroxylation is 1. The number of benzene rings is 3. The molecular weight excluding hydrogens is 580 g/mol. The number of nitro benzene ring substituents is 1. The first-order valence-corrected chi connectivity index (χ1v) is 12.0. The first-order chi connectivity index (χ1) is 18.1. The summed E-state index contributed by atoms with van der Waals surface area (Å²) < 4.78 is 11.4. The Bertz CT molecular complexity index is 1490. The van der Waals surface area contributed by atoms with Gasteiger partial charge in [-0.05, 0) is 70.4 Å². The number of hydrogen-bond donors (Lipinski definition) is 2. The van der Waals surface area contributed by atoms with Crippen molar-refractivity contribution in [2.24, 2.45) is 0 Å². The Kier molecular flexibility index (Phi) is 9.43. The summed E-state index contributed by atoms with van der Waals surface area (Å²) >= 11 is 9.46. The van der Waals surface area contributed by atoms with Crippen LogP contribution in [0.3, 0.4) is 0 Å². The minimum Gasteiger partial charge on any atom is -0.493 e. The lowest BCUT2D eigenvalue weighted by Gasteiger charge is -2.14. The van der Waals surface area contributed by atoms with Crippen molar-refractivity contribution in [3.63, 3.8) is 0 Å². The molecule has 38 heavy (non-hydrogen) atoms. The summed E-state index contributed by atoms with van der Waals surface area (Å²) in [5.74, 6) is -0.696. The van der Waals surface area contributed by atoms with Crippen LogP contribution in [0.4, 0.5) is 17.1 Å². The summed E-state index contributed by atoms with van der Waals surface area (Å²) in [6.07, 6.45) is 1.32. The molecule has 2 N–H and O–H groups in total. The Balaban J connectivity index is 1.74. The van der Waals surface area contributed by atoms with E-state index in [1.807, 2.05) is 13.0 Å². The number of nitrogens with one attached hydrogen (secondary N) is 2. The lowest BCUT2D eigenvalue weighted by molar-refractivity contribution is -0.384. The van der Waals surface area contributed by atoms with Crippen LogP contribution in [-0.2, 0) is 9.59 Å². The molecule has 194 valence electrons. The van der Waals surface area contributed by atoms with Crippen LogP contribution in [0, 0.1) is 28.4 Å². The maximum atomic E-state index is 12.6. The molecular formula is C26H20BrClN4O6. The molecule has 3 aromatic carbocycles. The highest BCUT2D eigenvalue weighted by Crippen LogP contribution is 2.37. The lowest BCUT2D eigenvalue weighted by atomic mass is 10.1. The van der Waals surface area contributed by atoms with Crippen LogP contribution in [0.25, 0.3) is 6.08 Å². The first-order valence-electron chi connectivity index (χ1n) is 10.8. The molecule has 0 saturated carbocycles. The number of anilines is 2. The Morgan fingerprint density at radius 3 is 2.55 bits per heavy atom. The molecule has 0 bridgehead atoms. The van der Waals surface area contributed by atoms with Gasteiger partial charge in [0.2, 0.25) is 0 Å². The molecule has 0 atom stereocenters. The summed E-state index contributed by atoms with van der Waals surface area (Å²) in [5.41, 5.74) is 1.53. The highest BCUT2D eigenvalue weighted by atomic mass is 79.9. The number of halogens is 2. The van der Waals surface area contributed by atoms with Crippen LogP contribution in [0.2, 0.25) is 5.02 Å². The van der Waals surface area contributed by atoms with Gasteiger partial charge in [0, 0.05) is 28.5 Å². The number of methoxy groups -OCH3 is 1. The minimum absolute atomic E-state index is 0.166. The highest BCUT2D eigenvalue weighted by molar-refractivity contribution is 9.10.